The van der Waals surface area contributed by atoms with Crippen LogP contribution < -0.4 is 17.2 Å². The molecule has 0 aliphatic carbocycles. The third-order valence-electron chi connectivity index (χ3n) is 3.89. The number of fused-ring (bicyclic) bond motifs is 2. The molecule has 1 fully saturated rings. The summed E-state index contributed by atoms with van der Waals surface area (Å²) in [6, 6.07) is 7.74. The average Bonchev–Trinajstić information content (AvgIpc) is 3.41. The van der Waals surface area contributed by atoms with Crippen LogP contribution in [0.25, 0.3) is 22.2 Å². The zero-order chi connectivity index (χ0) is 19.1. The summed E-state index contributed by atoms with van der Waals surface area (Å²) in [5, 5.41) is 0. The molecule has 1 aliphatic heterocycles. The number of benzene rings is 1. The molecule has 142 valence electrons. The van der Waals surface area contributed by atoms with Crippen LogP contribution in [-0.2, 0) is 4.74 Å². The van der Waals surface area contributed by atoms with Gasteiger partial charge in [-0.3, -0.25) is 0 Å². The van der Waals surface area contributed by atoms with Crippen LogP contribution in [0.1, 0.15) is 12.8 Å². The van der Waals surface area contributed by atoms with Crippen molar-refractivity contribution < 1.29 is 4.74 Å². The fourth-order valence-corrected chi connectivity index (χ4v) is 2.55. The first-order valence-corrected chi connectivity index (χ1v) is 8.59. The Morgan fingerprint density at radius 1 is 1.11 bits per heavy atom. The van der Waals surface area contributed by atoms with Crippen LogP contribution in [0.4, 0.5) is 11.9 Å². The second-order valence-corrected chi connectivity index (χ2v) is 5.88. The highest BCUT2D eigenvalue weighted by Gasteiger charge is 2.11. The van der Waals surface area contributed by atoms with E-state index in [1.807, 2.05) is 24.3 Å². The quantitative estimate of drug-likeness (QED) is 0.333. The van der Waals surface area contributed by atoms with Crippen LogP contribution in [0.15, 0.2) is 36.8 Å². The lowest BCUT2D eigenvalue weighted by atomic mass is 10.2. The van der Waals surface area contributed by atoms with Crippen molar-refractivity contribution in [2.75, 3.05) is 24.6 Å². The number of ether oxygens (including phenoxy) is 1. The molecular formula is C17H23N9O. The van der Waals surface area contributed by atoms with Crippen molar-refractivity contribution in [2.24, 2.45) is 5.73 Å². The van der Waals surface area contributed by atoms with E-state index in [0.717, 1.165) is 29.6 Å². The third-order valence-corrected chi connectivity index (χ3v) is 3.89. The molecule has 10 heteroatoms. The molecule has 4 aromatic rings. The average molecular weight is 369 g/mol. The van der Waals surface area contributed by atoms with Gasteiger partial charge in [0, 0.05) is 13.2 Å². The summed E-state index contributed by atoms with van der Waals surface area (Å²) < 4.78 is 5.18. The number of imidazole rings is 2. The number of nitrogens with one attached hydrogen (secondary N) is 2. The fraction of sp³-hybridized carbons (Fsp3) is 0.294. The molecule has 1 saturated heterocycles. The van der Waals surface area contributed by atoms with Gasteiger partial charge in [0.15, 0.2) is 11.6 Å². The molecule has 1 unspecified atom stereocenters. The van der Waals surface area contributed by atoms with Gasteiger partial charge in [0.1, 0.15) is 5.52 Å². The summed E-state index contributed by atoms with van der Waals surface area (Å²) in [7, 11) is 0. The van der Waals surface area contributed by atoms with E-state index in [2.05, 4.69) is 29.9 Å². The maximum absolute atomic E-state index is 5.42. The Hall–Kier alpha value is -3.24. The van der Waals surface area contributed by atoms with Crippen LogP contribution in [-0.4, -0.2) is 49.2 Å². The number of aromatic nitrogens is 6. The van der Waals surface area contributed by atoms with Gasteiger partial charge in [-0.05, 0) is 25.0 Å². The summed E-state index contributed by atoms with van der Waals surface area (Å²) >= 11 is 0. The first kappa shape index (κ1) is 18.5. The van der Waals surface area contributed by atoms with E-state index >= 15 is 0 Å². The van der Waals surface area contributed by atoms with Crippen molar-refractivity contribution in [2.45, 2.75) is 18.9 Å². The largest absolute Gasteiger partial charge is 0.377 e. The molecule has 0 spiro atoms. The molecule has 1 aliphatic rings. The Morgan fingerprint density at radius 2 is 1.96 bits per heavy atom. The van der Waals surface area contributed by atoms with Crippen LogP contribution >= 0.6 is 0 Å². The standard InChI is InChI=1S/C7H7N3.C5H5N5.C5H11NO/c8-7-9-5-3-1-2-4-6(5)10-7;6-5-7-1-3-4(10-5)9-2-8-3;6-4-5-2-1-3-7-5/h1-4H,(H3,8,9,10);1-2H,(H3,6,7,8,9,10);5H,1-4,6H2. The topological polar surface area (TPSA) is 170 Å². The highest BCUT2D eigenvalue weighted by molar-refractivity contribution is 5.76. The summed E-state index contributed by atoms with van der Waals surface area (Å²) in [5.41, 5.74) is 19.3. The van der Waals surface area contributed by atoms with Gasteiger partial charge in [0.05, 0.1) is 29.7 Å². The SMILES string of the molecule is NCC1CCCO1.Nc1nc2ccccc2[nH]1.Nc1ncc2[nH]cnc2n1. The van der Waals surface area contributed by atoms with Crippen LogP contribution in [0, 0.1) is 0 Å². The number of H-pyrrole nitrogens is 2. The number of hydrogen-bond donors (Lipinski definition) is 5. The molecule has 5 rings (SSSR count). The van der Waals surface area contributed by atoms with Gasteiger partial charge >= 0.3 is 0 Å². The van der Waals surface area contributed by atoms with Crippen molar-refractivity contribution in [3.05, 3.63) is 36.8 Å². The van der Waals surface area contributed by atoms with E-state index in [-0.39, 0.29) is 5.95 Å². The van der Waals surface area contributed by atoms with Gasteiger partial charge < -0.3 is 31.9 Å². The Labute approximate surface area is 155 Å². The lowest BCUT2D eigenvalue weighted by Crippen LogP contribution is -2.17. The maximum atomic E-state index is 5.42. The molecule has 0 amide bonds. The molecule has 0 saturated carbocycles. The number of rotatable bonds is 1. The van der Waals surface area contributed by atoms with Crippen LogP contribution in [0.5, 0.6) is 0 Å². The summed E-state index contributed by atoms with van der Waals surface area (Å²) in [4.78, 5) is 21.3. The van der Waals surface area contributed by atoms with Crippen LogP contribution in [0.3, 0.4) is 0 Å². The molecule has 4 heterocycles. The van der Waals surface area contributed by atoms with Crippen molar-refractivity contribution in [3.63, 3.8) is 0 Å². The zero-order valence-corrected chi connectivity index (χ0v) is 14.8. The summed E-state index contributed by atoms with van der Waals surface area (Å²) in [6.45, 7) is 1.61. The smallest absolute Gasteiger partial charge is 0.222 e. The molecule has 10 nitrogen and oxygen atoms in total. The van der Waals surface area contributed by atoms with E-state index in [9.17, 15) is 0 Å². The Kier molecular flexibility index (Phi) is 6.13. The van der Waals surface area contributed by atoms with E-state index in [1.54, 1.807) is 12.5 Å². The van der Waals surface area contributed by atoms with Gasteiger partial charge in [-0.2, -0.15) is 4.98 Å². The molecule has 1 atom stereocenters. The number of hydrogen-bond acceptors (Lipinski definition) is 8. The predicted molar refractivity (Wildman–Crippen MR) is 105 cm³/mol. The Balaban J connectivity index is 0.000000119. The molecule has 0 bridgehead atoms. The first-order chi connectivity index (χ1) is 13.2. The lowest BCUT2D eigenvalue weighted by molar-refractivity contribution is 0.117. The summed E-state index contributed by atoms with van der Waals surface area (Å²) in [5.74, 6) is 0.723. The number of nitrogen functional groups attached to an aromatic ring is 2. The number of nitrogens with zero attached hydrogens (tertiary/aromatic N) is 4. The first-order valence-electron chi connectivity index (χ1n) is 8.59. The Bertz CT molecular complexity index is 942. The molecular weight excluding hydrogens is 346 g/mol. The lowest BCUT2D eigenvalue weighted by Gasteiger charge is -2.01. The van der Waals surface area contributed by atoms with Gasteiger partial charge in [0.2, 0.25) is 5.95 Å². The van der Waals surface area contributed by atoms with Gasteiger partial charge in [-0.15, -0.1) is 0 Å². The minimum absolute atomic E-state index is 0.250. The van der Waals surface area contributed by atoms with Crippen molar-refractivity contribution >= 4 is 34.1 Å². The summed E-state index contributed by atoms with van der Waals surface area (Å²) in [6.07, 6.45) is 5.89. The van der Waals surface area contributed by atoms with Gasteiger partial charge in [-0.1, -0.05) is 12.1 Å². The molecule has 8 N–H and O–H groups in total. The second kappa shape index (κ2) is 8.92. The van der Waals surface area contributed by atoms with Gasteiger partial charge in [0.25, 0.3) is 0 Å². The molecule has 27 heavy (non-hydrogen) atoms. The monoisotopic (exact) mass is 369 g/mol. The molecule has 3 aromatic heterocycles. The number of anilines is 2. The highest BCUT2D eigenvalue weighted by Crippen LogP contribution is 2.10. The predicted octanol–water partition coefficient (Wildman–Crippen LogP) is 1.20. The van der Waals surface area contributed by atoms with Gasteiger partial charge in [-0.25, -0.2) is 15.0 Å². The highest BCUT2D eigenvalue weighted by atomic mass is 16.5. The fourth-order valence-electron chi connectivity index (χ4n) is 2.55. The van der Waals surface area contributed by atoms with E-state index < -0.39 is 0 Å². The zero-order valence-electron chi connectivity index (χ0n) is 14.8. The van der Waals surface area contributed by atoms with E-state index in [4.69, 9.17) is 21.9 Å². The third kappa shape index (κ3) is 5.12. The second-order valence-electron chi connectivity index (χ2n) is 5.88. The minimum Gasteiger partial charge on any atom is -0.377 e. The van der Waals surface area contributed by atoms with Crippen molar-refractivity contribution in [1.82, 2.24) is 29.9 Å². The maximum Gasteiger partial charge on any atom is 0.222 e. The molecule has 1 aromatic carbocycles. The van der Waals surface area contributed by atoms with E-state index in [0.29, 0.717) is 24.2 Å². The number of nitrogens with two attached hydrogens (primary N) is 3. The Morgan fingerprint density at radius 3 is 2.67 bits per heavy atom. The minimum atomic E-state index is 0.250. The number of para-hydroxylation sites is 2. The normalized spacial score (nSPS) is 15.8. The van der Waals surface area contributed by atoms with Crippen LogP contribution in [0.2, 0.25) is 0 Å². The van der Waals surface area contributed by atoms with E-state index in [1.165, 1.54) is 6.42 Å². The molecule has 0 radical (unpaired) electrons. The van der Waals surface area contributed by atoms with Crippen molar-refractivity contribution in [1.29, 1.82) is 0 Å². The van der Waals surface area contributed by atoms with Crippen molar-refractivity contribution in [3.8, 4) is 0 Å². The number of aromatic amines is 2.